The smallest absolute Gasteiger partial charge is 0.475 e. The number of pyridine rings is 1. The quantitative estimate of drug-likeness (QED) is 0.111. The first kappa shape index (κ1) is 49.7. The van der Waals surface area contributed by atoms with Gasteiger partial charge in [-0.2, -0.15) is 26.3 Å². The number of nitrogens with one attached hydrogen (secondary N) is 3. The van der Waals surface area contributed by atoms with E-state index in [1.165, 1.54) is 6.20 Å². The molecule has 1 fully saturated rings. The zero-order valence-electron chi connectivity index (χ0n) is 34.2. The van der Waals surface area contributed by atoms with Crippen LogP contribution in [0.2, 0.25) is 0 Å². The number of aromatic nitrogens is 3. The van der Waals surface area contributed by atoms with Crippen molar-refractivity contribution in [2.45, 2.75) is 31.3 Å². The van der Waals surface area contributed by atoms with E-state index < -0.39 is 24.3 Å². The highest BCUT2D eigenvalue weighted by Gasteiger charge is 2.39. The van der Waals surface area contributed by atoms with E-state index in [4.69, 9.17) is 24.5 Å². The second kappa shape index (κ2) is 22.2. The maximum Gasteiger partial charge on any atom is 0.490 e. The van der Waals surface area contributed by atoms with E-state index in [2.05, 4.69) is 25.8 Å². The van der Waals surface area contributed by atoms with Gasteiger partial charge in [-0.25, -0.2) is 9.59 Å². The minimum Gasteiger partial charge on any atom is -0.475 e. The Labute approximate surface area is 351 Å². The van der Waals surface area contributed by atoms with Crippen molar-refractivity contribution in [3.8, 4) is 0 Å². The summed E-state index contributed by atoms with van der Waals surface area (Å²) in [7, 11) is 9.24. The molecular weight excluding hydrogens is 834 g/mol. The van der Waals surface area contributed by atoms with Crippen LogP contribution in [-0.4, -0.2) is 125 Å². The third-order valence-electron chi connectivity index (χ3n) is 8.96. The number of carboxylic acids is 2. The van der Waals surface area contributed by atoms with Crippen molar-refractivity contribution in [2.24, 2.45) is 14.1 Å². The normalized spacial score (nSPS) is 13.3. The van der Waals surface area contributed by atoms with E-state index in [-0.39, 0.29) is 17.7 Å². The molecule has 5 rings (SSSR count). The van der Waals surface area contributed by atoms with Gasteiger partial charge in [0.1, 0.15) is 11.4 Å². The summed E-state index contributed by atoms with van der Waals surface area (Å²) >= 11 is 0. The van der Waals surface area contributed by atoms with Crippen molar-refractivity contribution in [3.63, 3.8) is 0 Å². The molecule has 1 aliphatic heterocycles. The Balaban J connectivity index is 0.000000629. The Morgan fingerprint density at radius 1 is 0.790 bits per heavy atom. The number of hydrogen-bond acceptors (Lipinski definition) is 9. The molecule has 62 heavy (non-hydrogen) atoms. The first-order chi connectivity index (χ1) is 29.0. The van der Waals surface area contributed by atoms with Crippen LogP contribution in [0.3, 0.4) is 0 Å². The van der Waals surface area contributed by atoms with Gasteiger partial charge in [0.15, 0.2) is 0 Å². The molecule has 0 bridgehead atoms. The number of halogens is 6. The number of anilines is 3. The Hall–Kier alpha value is -6.68. The summed E-state index contributed by atoms with van der Waals surface area (Å²) in [5.74, 6) is -6.43. The molecule has 0 unspecified atom stereocenters. The van der Waals surface area contributed by atoms with Crippen LogP contribution in [0.25, 0.3) is 12.2 Å². The van der Waals surface area contributed by atoms with E-state index in [0.29, 0.717) is 41.0 Å². The molecule has 5 N–H and O–H groups in total. The van der Waals surface area contributed by atoms with E-state index in [9.17, 15) is 40.7 Å². The number of amides is 3. The first-order valence-electron chi connectivity index (χ1n) is 18.5. The molecule has 0 saturated carbocycles. The minimum absolute atomic E-state index is 0.206. The monoisotopic (exact) mass is 880 g/mol. The predicted molar refractivity (Wildman–Crippen MR) is 217 cm³/mol. The van der Waals surface area contributed by atoms with Gasteiger partial charge in [0.05, 0.1) is 28.7 Å². The number of hydrogen-bond donors (Lipinski definition) is 5. The van der Waals surface area contributed by atoms with Crippen LogP contribution in [0.5, 0.6) is 0 Å². The molecule has 1 saturated heterocycles. The molecule has 4 heterocycles. The summed E-state index contributed by atoms with van der Waals surface area (Å²) in [6.07, 6.45) is 0.899. The number of aliphatic carboxylic acids is 2. The van der Waals surface area contributed by atoms with Gasteiger partial charge in [0.2, 0.25) is 0 Å². The number of carbonyl (C=O) groups excluding carboxylic acids is 3. The lowest BCUT2D eigenvalue weighted by molar-refractivity contribution is -0.193. The number of ether oxygens (including phenoxy) is 1. The first-order valence-corrected chi connectivity index (χ1v) is 18.5. The number of methoxy groups -OCH3 is 1. The van der Waals surface area contributed by atoms with Crippen molar-refractivity contribution >= 4 is 58.9 Å². The number of nitrogens with zero attached hydrogens (tertiary/aromatic N) is 5. The number of rotatable bonds is 12. The molecule has 0 atom stereocenters. The number of aryl methyl sites for hydroxylation is 2. The Morgan fingerprint density at radius 2 is 1.29 bits per heavy atom. The highest BCUT2D eigenvalue weighted by molar-refractivity contribution is 6.07. The number of carboxylic acid groups (broad SMARTS) is 2. The summed E-state index contributed by atoms with van der Waals surface area (Å²) in [5, 5.41) is 22.9. The van der Waals surface area contributed by atoms with Crippen molar-refractivity contribution in [1.82, 2.24) is 24.3 Å². The SMILES string of the molecule is COC1CCN(CCNC(=O)c2cc(NC(=O)c3cc(NC(=O)c4ccc(/C=C/c5ccc(N(C)C)cc5)nc4)cn3C)cn2C)CC1.O=C(O)C(F)(F)F.O=C(O)C(F)(F)F. The molecular formula is C40H46F6N8O8. The van der Waals surface area contributed by atoms with Crippen molar-refractivity contribution < 1.29 is 65.3 Å². The number of likely N-dealkylation sites (tertiary alicyclic amines) is 1. The topological polar surface area (TPSA) is 200 Å². The zero-order chi connectivity index (χ0) is 46.4. The molecule has 1 aliphatic rings. The molecule has 1 aromatic carbocycles. The third kappa shape index (κ3) is 15.7. The second-order valence-electron chi connectivity index (χ2n) is 13.8. The average molecular weight is 881 g/mol. The summed E-state index contributed by atoms with van der Waals surface area (Å²) in [6, 6.07) is 14.9. The van der Waals surface area contributed by atoms with Crippen molar-refractivity contribution in [1.29, 1.82) is 0 Å². The van der Waals surface area contributed by atoms with Crippen LogP contribution >= 0.6 is 0 Å². The summed E-state index contributed by atoms with van der Waals surface area (Å²) < 4.78 is 72.2. The number of alkyl halides is 6. The van der Waals surface area contributed by atoms with Crippen LogP contribution < -0.4 is 20.9 Å². The summed E-state index contributed by atoms with van der Waals surface area (Å²) in [5.41, 5.74) is 5.03. The minimum atomic E-state index is -5.08. The van der Waals surface area contributed by atoms with Gasteiger partial charge in [0, 0.05) is 85.8 Å². The van der Waals surface area contributed by atoms with E-state index in [1.54, 1.807) is 67.0 Å². The lowest BCUT2D eigenvalue weighted by Gasteiger charge is -2.31. The molecule has 0 spiro atoms. The molecule has 0 radical (unpaired) electrons. The van der Waals surface area contributed by atoms with E-state index >= 15 is 0 Å². The summed E-state index contributed by atoms with van der Waals surface area (Å²) in [6.45, 7) is 3.21. The summed E-state index contributed by atoms with van der Waals surface area (Å²) in [4.78, 5) is 65.5. The fourth-order valence-corrected chi connectivity index (χ4v) is 5.61. The molecule has 3 amide bonds. The molecule has 336 valence electrons. The maximum absolute atomic E-state index is 13.1. The predicted octanol–water partition coefficient (Wildman–Crippen LogP) is 5.61. The van der Waals surface area contributed by atoms with Gasteiger partial charge in [0.25, 0.3) is 17.7 Å². The molecule has 0 aliphatic carbocycles. The highest BCUT2D eigenvalue weighted by atomic mass is 19.4. The third-order valence-corrected chi connectivity index (χ3v) is 8.96. The van der Waals surface area contributed by atoms with E-state index in [0.717, 1.165) is 49.4 Å². The van der Waals surface area contributed by atoms with Crippen molar-refractivity contribution in [2.75, 3.05) is 62.9 Å². The van der Waals surface area contributed by atoms with Crippen LogP contribution in [0, 0.1) is 0 Å². The number of carbonyl (C=O) groups is 5. The second-order valence-corrected chi connectivity index (χ2v) is 13.8. The van der Waals surface area contributed by atoms with Crippen LogP contribution in [0.15, 0.2) is 67.1 Å². The van der Waals surface area contributed by atoms with Crippen LogP contribution in [0.4, 0.5) is 43.4 Å². The van der Waals surface area contributed by atoms with Gasteiger partial charge in [-0.1, -0.05) is 18.2 Å². The Bertz CT molecular complexity index is 2150. The van der Waals surface area contributed by atoms with Crippen molar-refractivity contribution in [3.05, 3.63) is 95.3 Å². The van der Waals surface area contributed by atoms with E-state index in [1.807, 2.05) is 55.4 Å². The standard InChI is InChI=1S/C36H44N8O4.2C2HF3O2/c1-41(2)30-12-7-25(8-13-30)6-10-27-11-9-26(22-38-27)34(45)39-28-21-33(43(4)23-28)36(47)40-29-20-32(42(3)24-29)35(46)37-16-19-44-17-14-31(48-5)15-18-44;2*3-2(4,5)1(6)7/h6-13,20-24,31H,14-19H2,1-5H3,(H,37,46)(H,39,45)(H,40,47);2*(H,6,7)/b10-6+;;. The van der Waals surface area contributed by atoms with Gasteiger partial charge in [-0.15, -0.1) is 0 Å². The lowest BCUT2D eigenvalue weighted by atomic mass is 10.1. The molecule has 4 aromatic rings. The number of benzene rings is 1. The molecule has 22 heteroatoms. The van der Waals surface area contributed by atoms with Gasteiger partial charge < -0.3 is 49.8 Å². The fraction of sp³-hybridized carbons (Fsp3) is 0.350. The Morgan fingerprint density at radius 3 is 1.74 bits per heavy atom. The van der Waals surface area contributed by atoms with Gasteiger partial charge in [-0.05, 0) is 60.9 Å². The maximum atomic E-state index is 13.1. The lowest BCUT2D eigenvalue weighted by Crippen LogP contribution is -2.41. The van der Waals surface area contributed by atoms with Crippen LogP contribution in [-0.2, 0) is 28.4 Å². The number of piperidine rings is 1. The fourth-order valence-electron chi connectivity index (χ4n) is 5.61. The zero-order valence-corrected chi connectivity index (χ0v) is 34.2. The largest absolute Gasteiger partial charge is 0.490 e. The Kier molecular flexibility index (Phi) is 17.8. The van der Waals surface area contributed by atoms with Gasteiger partial charge in [-0.3, -0.25) is 19.4 Å². The molecule has 3 aromatic heterocycles. The van der Waals surface area contributed by atoms with Crippen LogP contribution in [0.1, 0.15) is 55.4 Å². The molecule has 16 nitrogen and oxygen atoms in total. The highest BCUT2D eigenvalue weighted by Crippen LogP contribution is 2.20. The average Bonchev–Trinajstić information content (AvgIpc) is 3.77. The van der Waals surface area contributed by atoms with Gasteiger partial charge >= 0.3 is 24.3 Å².